The molecular formula is C13H7BrN2O4S. The van der Waals surface area contributed by atoms with Gasteiger partial charge in [0, 0.05) is 0 Å². The minimum atomic E-state index is -1.00. The van der Waals surface area contributed by atoms with Gasteiger partial charge in [-0.15, -0.1) is 0 Å². The monoisotopic (exact) mass is 366 g/mol. The molecule has 0 aliphatic carbocycles. The zero-order valence-corrected chi connectivity index (χ0v) is 12.7. The largest absolute Gasteiger partial charge is 0.478 e. The van der Waals surface area contributed by atoms with E-state index in [0.717, 1.165) is 0 Å². The lowest BCUT2D eigenvalue weighted by Gasteiger charge is -1.98. The molecular weight excluding hydrogens is 360 g/mol. The van der Waals surface area contributed by atoms with Crippen LogP contribution in [0.3, 0.4) is 0 Å². The molecule has 1 aromatic carbocycles. The number of benzene rings is 1. The van der Waals surface area contributed by atoms with E-state index in [0.29, 0.717) is 25.6 Å². The van der Waals surface area contributed by atoms with Gasteiger partial charge >= 0.3 is 5.97 Å². The number of carbonyl (C=O) groups is 2. The molecule has 0 atom stereocenters. The van der Waals surface area contributed by atoms with Crippen molar-refractivity contribution in [3.8, 4) is 0 Å². The van der Waals surface area contributed by atoms with E-state index in [4.69, 9.17) is 9.52 Å². The zero-order valence-electron chi connectivity index (χ0n) is 10.3. The number of aromatic carboxylic acids is 1. The highest BCUT2D eigenvalue weighted by atomic mass is 79.9. The van der Waals surface area contributed by atoms with Crippen molar-refractivity contribution >= 4 is 54.5 Å². The second-order valence-electron chi connectivity index (χ2n) is 4.07. The molecule has 0 saturated carbocycles. The van der Waals surface area contributed by atoms with Crippen molar-refractivity contribution in [3.63, 3.8) is 0 Å². The fourth-order valence-corrected chi connectivity index (χ4v) is 3.05. The maximum Gasteiger partial charge on any atom is 0.335 e. The zero-order chi connectivity index (χ0) is 15.0. The molecule has 2 heterocycles. The lowest BCUT2D eigenvalue weighted by Crippen LogP contribution is -2.11. The Hall–Kier alpha value is -2.19. The van der Waals surface area contributed by atoms with E-state index in [1.165, 1.54) is 35.8 Å². The summed E-state index contributed by atoms with van der Waals surface area (Å²) < 4.78 is 6.03. The maximum absolute atomic E-state index is 12.0. The second kappa shape index (κ2) is 5.30. The Bertz CT molecular complexity index is 855. The third kappa shape index (κ3) is 2.67. The Labute approximate surface area is 130 Å². The van der Waals surface area contributed by atoms with Gasteiger partial charge in [-0.05, 0) is 40.2 Å². The Morgan fingerprint density at radius 3 is 2.81 bits per heavy atom. The van der Waals surface area contributed by atoms with Gasteiger partial charge in [-0.1, -0.05) is 11.3 Å². The number of fused-ring (bicyclic) bond motifs is 1. The molecule has 0 bridgehead atoms. The lowest BCUT2D eigenvalue weighted by atomic mass is 10.2. The highest BCUT2D eigenvalue weighted by molar-refractivity contribution is 9.10. The normalized spacial score (nSPS) is 10.7. The van der Waals surface area contributed by atoms with Crippen LogP contribution in [0.1, 0.15) is 20.7 Å². The molecule has 0 fully saturated rings. The number of hydrogen-bond donors (Lipinski definition) is 2. The first kappa shape index (κ1) is 13.8. The van der Waals surface area contributed by atoms with Gasteiger partial charge in [0.1, 0.15) is 0 Å². The summed E-state index contributed by atoms with van der Waals surface area (Å²) in [6.45, 7) is 0. The summed E-state index contributed by atoms with van der Waals surface area (Å²) in [6, 6.07) is 6.15. The quantitative estimate of drug-likeness (QED) is 0.738. The summed E-state index contributed by atoms with van der Waals surface area (Å²) >= 11 is 4.34. The van der Waals surface area contributed by atoms with Gasteiger partial charge in [0.05, 0.1) is 27.6 Å². The number of carboxylic acid groups (broad SMARTS) is 1. The standard InChI is InChI=1S/C13H7BrN2O4S/c14-10-7(3-4-20-10)11(17)16-13-15-8-2-1-6(12(18)19)5-9(8)21-13/h1-5H,(H,18,19)(H,15,16,17). The summed E-state index contributed by atoms with van der Waals surface area (Å²) in [7, 11) is 0. The summed E-state index contributed by atoms with van der Waals surface area (Å²) in [6.07, 6.45) is 1.40. The molecule has 0 saturated heterocycles. The third-order valence-electron chi connectivity index (χ3n) is 2.72. The number of carbonyl (C=O) groups excluding carboxylic acids is 1. The second-order valence-corrected chi connectivity index (χ2v) is 5.82. The molecule has 3 rings (SSSR count). The lowest BCUT2D eigenvalue weighted by molar-refractivity contribution is 0.0697. The number of nitrogens with one attached hydrogen (secondary N) is 1. The van der Waals surface area contributed by atoms with Crippen LogP contribution < -0.4 is 5.32 Å². The number of carboxylic acids is 1. The summed E-state index contributed by atoms with van der Waals surface area (Å²) in [5, 5.41) is 12.0. The number of halogens is 1. The van der Waals surface area contributed by atoms with Crippen molar-refractivity contribution in [2.75, 3.05) is 5.32 Å². The van der Waals surface area contributed by atoms with Crippen LogP contribution in [0.25, 0.3) is 10.2 Å². The smallest absolute Gasteiger partial charge is 0.335 e. The summed E-state index contributed by atoms with van der Waals surface area (Å²) in [4.78, 5) is 27.2. The Morgan fingerprint density at radius 1 is 1.33 bits per heavy atom. The van der Waals surface area contributed by atoms with Gasteiger partial charge in [0.2, 0.25) is 0 Å². The Morgan fingerprint density at radius 2 is 2.14 bits per heavy atom. The van der Waals surface area contributed by atoms with E-state index in [1.807, 2.05) is 0 Å². The number of amides is 1. The number of rotatable bonds is 3. The first-order valence-electron chi connectivity index (χ1n) is 5.73. The highest BCUT2D eigenvalue weighted by Crippen LogP contribution is 2.28. The van der Waals surface area contributed by atoms with Crippen LogP contribution in [0.5, 0.6) is 0 Å². The van der Waals surface area contributed by atoms with E-state index in [2.05, 4.69) is 26.2 Å². The molecule has 8 heteroatoms. The average Bonchev–Trinajstić information content (AvgIpc) is 3.02. The number of hydrogen-bond acceptors (Lipinski definition) is 5. The number of anilines is 1. The van der Waals surface area contributed by atoms with Crippen LogP contribution in [-0.4, -0.2) is 22.0 Å². The molecule has 0 aliphatic rings. The number of thiazole rings is 1. The van der Waals surface area contributed by atoms with Crippen molar-refractivity contribution in [1.82, 2.24) is 4.98 Å². The van der Waals surface area contributed by atoms with Crippen LogP contribution in [-0.2, 0) is 0 Å². The first-order valence-corrected chi connectivity index (χ1v) is 7.34. The van der Waals surface area contributed by atoms with E-state index in [9.17, 15) is 9.59 Å². The number of aromatic nitrogens is 1. The van der Waals surface area contributed by atoms with Gasteiger partial charge in [0.25, 0.3) is 5.91 Å². The molecule has 1 amide bonds. The van der Waals surface area contributed by atoms with Gasteiger partial charge in [-0.3, -0.25) is 10.1 Å². The summed E-state index contributed by atoms with van der Waals surface area (Å²) in [5.41, 5.74) is 1.17. The fraction of sp³-hybridized carbons (Fsp3) is 0. The number of nitrogens with zero attached hydrogens (tertiary/aromatic N) is 1. The molecule has 0 aliphatic heterocycles. The van der Waals surface area contributed by atoms with Crippen molar-refractivity contribution in [3.05, 3.63) is 46.3 Å². The summed E-state index contributed by atoms with van der Waals surface area (Å²) in [5.74, 6) is -1.36. The van der Waals surface area contributed by atoms with Gasteiger partial charge < -0.3 is 9.52 Å². The molecule has 2 N–H and O–H groups in total. The first-order chi connectivity index (χ1) is 10.0. The fourth-order valence-electron chi connectivity index (χ4n) is 1.73. The molecule has 2 aromatic heterocycles. The van der Waals surface area contributed by atoms with Crippen molar-refractivity contribution in [1.29, 1.82) is 0 Å². The molecule has 3 aromatic rings. The van der Waals surface area contributed by atoms with Gasteiger partial charge in [-0.25, -0.2) is 9.78 Å². The van der Waals surface area contributed by atoms with Crippen molar-refractivity contribution < 1.29 is 19.1 Å². The van der Waals surface area contributed by atoms with Crippen LogP contribution >= 0.6 is 27.3 Å². The van der Waals surface area contributed by atoms with Crippen LogP contribution in [0.15, 0.2) is 39.6 Å². The van der Waals surface area contributed by atoms with Crippen LogP contribution in [0.2, 0.25) is 0 Å². The van der Waals surface area contributed by atoms with E-state index in [1.54, 1.807) is 6.07 Å². The molecule has 106 valence electrons. The molecule has 6 nitrogen and oxygen atoms in total. The molecule has 0 spiro atoms. The minimum Gasteiger partial charge on any atom is -0.478 e. The van der Waals surface area contributed by atoms with Gasteiger partial charge in [-0.2, -0.15) is 0 Å². The average molecular weight is 367 g/mol. The van der Waals surface area contributed by atoms with Crippen molar-refractivity contribution in [2.45, 2.75) is 0 Å². The van der Waals surface area contributed by atoms with E-state index < -0.39 is 5.97 Å². The highest BCUT2D eigenvalue weighted by Gasteiger charge is 2.15. The van der Waals surface area contributed by atoms with Crippen molar-refractivity contribution in [2.24, 2.45) is 0 Å². The van der Waals surface area contributed by atoms with E-state index >= 15 is 0 Å². The Balaban J connectivity index is 1.89. The van der Waals surface area contributed by atoms with Crippen LogP contribution in [0.4, 0.5) is 5.13 Å². The minimum absolute atomic E-state index is 0.182. The molecule has 21 heavy (non-hydrogen) atoms. The Kier molecular flexibility index (Phi) is 3.48. The van der Waals surface area contributed by atoms with E-state index in [-0.39, 0.29) is 11.5 Å². The number of furan rings is 1. The predicted octanol–water partition coefficient (Wildman–Crippen LogP) is 3.60. The maximum atomic E-state index is 12.0. The van der Waals surface area contributed by atoms with Gasteiger partial charge in [0.15, 0.2) is 9.80 Å². The van der Waals surface area contributed by atoms with Crippen LogP contribution in [0, 0.1) is 0 Å². The SMILES string of the molecule is O=C(O)c1ccc2nc(NC(=O)c3ccoc3Br)sc2c1. The predicted molar refractivity (Wildman–Crippen MR) is 80.9 cm³/mol. The topological polar surface area (TPSA) is 92.4 Å². The molecule has 0 radical (unpaired) electrons. The third-order valence-corrected chi connectivity index (χ3v) is 4.27. The molecule has 0 unspecified atom stereocenters.